The lowest BCUT2D eigenvalue weighted by Crippen LogP contribution is -2.41. The lowest BCUT2D eigenvalue weighted by Gasteiger charge is -2.36. The van der Waals surface area contributed by atoms with Gasteiger partial charge in [0.1, 0.15) is 0 Å². The van der Waals surface area contributed by atoms with Crippen LogP contribution in [-0.2, 0) is 23.4 Å². The minimum Gasteiger partial charge on any atom is -0.466 e. The first-order valence-corrected chi connectivity index (χ1v) is 14.1. The molecule has 0 aromatic heterocycles. The Labute approximate surface area is 186 Å². The number of rotatable bonds is 14. The maximum atomic E-state index is 11.9. The first-order chi connectivity index (χ1) is 13.8. The van der Waals surface area contributed by atoms with Gasteiger partial charge in [-0.2, -0.15) is 0 Å². The third kappa shape index (κ3) is 12.7. The molecule has 0 saturated carbocycles. The Bertz CT molecular complexity index is 560. The van der Waals surface area contributed by atoms with Crippen LogP contribution in [0.25, 0.3) is 0 Å². The van der Waals surface area contributed by atoms with Crippen LogP contribution in [0.1, 0.15) is 74.7 Å². The molecule has 0 amide bonds. The molecule has 0 N–H and O–H groups in total. The van der Waals surface area contributed by atoms with Crippen molar-refractivity contribution in [1.82, 2.24) is 0 Å². The molecule has 0 rings (SSSR count). The number of esters is 1. The van der Waals surface area contributed by atoms with Crippen LogP contribution in [0.4, 0.5) is 0 Å². The normalized spacial score (nSPS) is 15.8. The molecule has 30 heavy (non-hydrogen) atoms. The maximum Gasteiger partial charge on any atom is 0.308 e. The third-order valence-corrected chi connectivity index (χ3v) is 9.89. The summed E-state index contributed by atoms with van der Waals surface area (Å²) in [7, 11) is -1.72. The van der Waals surface area contributed by atoms with Crippen molar-refractivity contribution in [3.63, 3.8) is 0 Å². The second-order valence-electron chi connectivity index (χ2n) is 9.36. The van der Waals surface area contributed by atoms with E-state index in [9.17, 15) is 4.79 Å². The summed E-state index contributed by atoms with van der Waals surface area (Å²) in [4.78, 5) is 11.9. The van der Waals surface area contributed by atoms with Gasteiger partial charge in [0.05, 0.1) is 25.7 Å². The molecule has 5 nitrogen and oxygen atoms in total. The molecule has 0 aliphatic carbocycles. The van der Waals surface area contributed by atoms with E-state index in [0.29, 0.717) is 19.8 Å². The number of allylic oxidation sites excluding steroid dienone is 2. The number of carbonyl (C=O) groups excluding carboxylic acids is 1. The van der Waals surface area contributed by atoms with Crippen molar-refractivity contribution < 1.29 is 23.4 Å². The maximum absolute atomic E-state index is 11.9. The molecular formula is C24H46O5Si. The average molecular weight is 443 g/mol. The van der Waals surface area contributed by atoms with Crippen LogP contribution in [0.3, 0.4) is 0 Å². The van der Waals surface area contributed by atoms with Crippen molar-refractivity contribution in [2.24, 2.45) is 0 Å². The minimum absolute atomic E-state index is 0.192. The fraction of sp³-hybridized carbons (Fsp3) is 0.792. The monoisotopic (exact) mass is 442 g/mol. The highest BCUT2D eigenvalue weighted by Crippen LogP contribution is 2.36. The number of hydrogen-bond donors (Lipinski definition) is 0. The first-order valence-electron chi connectivity index (χ1n) is 11.2. The van der Waals surface area contributed by atoms with Crippen LogP contribution in [0, 0.1) is 0 Å². The van der Waals surface area contributed by atoms with Crippen molar-refractivity contribution in [1.29, 1.82) is 0 Å². The van der Waals surface area contributed by atoms with Gasteiger partial charge in [0.15, 0.2) is 14.6 Å². The summed E-state index contributed by atoms with van der Waals surface area (Å²) in [6.07, 6.45) is 5.57. The summed E-state index contributed by atoms with van der Waals surface area (Å²) in [5.41, 5.74) is 2.44. The highest BCUT2D eigenvalue weighted by atomic mass is 28.4. The Hall–Kier alpha value is -0.953. The Morgan fingerprint density at radius 2 is 1.70 bits per heavy atom. The summed E-state index contributed by atoms with van der Waals surface area (Å²) in [6.45, 7) is 22.7. The number of carbonyl (C=O) groups is 1. The zero-order chi connectivity index (χ0) is 23.4. The van der Waals surface area contributed by atoms with Gasteiger partial charge in [0, 0.05) is 6.61 Å². The van der Waals surface area contributed by atoms with Gasteiger partial charge in [-0.05, 0) is 65.6 Å². The highest BCUT2D eigenvalue weighted by Gasteiger charge is 2.36. The smallest absolute Gasteiger partial charge is 0.308 e. The first kappa shape index (κ1) is 29.0. The summed E-state index contributed by atoms with van der Waals surface area (Å²) in [6, 6.07) is 0. The van der Waals surface area contributed by atoms with E-state index in [0.717, 1.165) is 12.8 Å². The standard InChI is InChI=1S/C24H46O5Si/c1-11-26-21(5)29-22(17-23(25)27-12-2)16-19(3)14-13-15-20(4)18-28-30(9,10)24(6,7)8/h15-16,21-22H,11-14,17-18H2,1-10H3/b19-16+,20-15+. The van der Waals surface area contributed by atoms with Gasteiger partial charge >= 0.3 is 5.97 Å². The Morgan fingerprint density at radius 3 is 2.23 bits per heavy atom. The molecule has 0 saturated heterocycles. The van der Waals surface area contributed by atoms with Crippen molar-refractivity contribution >= 4 is 14.3 Å². The van der Waals surface area contributed by atoms with Crippen LogP contribution >= 0.6 is 0 Å². The Balaban J connectivity index is 4.79. The summed E-state index contributed by atoms with van der Waals surface area (Å²) < 4.78 is 22.7. The zero-order valence-corrected chi connectivity index (χ0v) is 22.1. The highest BCUT2D eigenvalue weighted by molar-refractivity contribution is 6.74. The van der Waals surface area contributed by atoms with Crippen molar-refractivity contribution in [3.05, 3.63) is 23.3 Å². The minimum atomic E-state index is -1.72. The van der Waals surface area contributed by atoms with E-state index in [1.54, 1.807) is 6.92 Å². The topological polar surface area (TPSA) is 54.0 Å². The molecule has 0 fully saturated rings. The van der Waals surface area contributed by atoms with Crippen LogP contribution < -0.4 is 0 Å². The van der Waals surface area contributed by atoms with Gasteiger partial charge < -0.3 is 18.6 Å². The lowest BCUT2D eigenvalue weighted by atomic mass is 10.1. The molecule has 0 aromatic rings. The SMILES string of the molecule is CCOC(=O)CC(/C=C(\C)CC/C=C(\C)CO[Si](C)(C)C(C)(C)C)OC(C)OCC. The number of ether oxygens (including phenoxy) is 3. The van der Waals surface area contributed by atoms with Crippen LogP contribution in [0.5, 0.6) is 0 Å². The van der Waals surface area contributed by atoms with Crippen LogP contribution in [0.2, 0.25) is 18.1 Å². The molecule has 0 aliphatic heterocycles. The zero-order valence-electron chi connectivity index (χ0n) is 21.1. The van der Waals surface area contributed by atoms with E-state index in [4.69, 9.17) is 18.6 Å². The van der Waals surface area contributed by atoms with Gasteiger partial charge in [-0.1, -0.05) is 44.1 Å². The second-order valence-corrected chi connectivity index (χ2v) is 14.2. The van der Waals surface area contributed by atoms with Gasteiger partial charge in [-0.15, -0.1) is 0 Å². The predicted octanol–water partition coefficient (Wildman–Crippen LogP) is 6.40. The van der Waals surface area contributed by atoms with E-state index in [-0.39, 0.29) is 29.8 Å². The molecule has 2 atom stereocenters. The van der Waals surface area contributed by atoms with Crippen LogP contribution in [-0.4, -0.2) is 46.5 Å². The summed E-state index contributed by atoms with van der Waals surface area (Å²) >= 11 is 0. The van der Waals surface area contributed by atoms with E-state index in [2.05, 4.69) is 53.8 Å². The van der Waals surface area contributed by atoms with Crippen molar-refractivity contribution in [2.45, 2.75) is 105 Å². The average Bonchev–Trinajstić information content (AvgIpc) is 2.59. The van der Waals surface area contributed by atoms with E-state index in [1.807, 2.05) is 19.9 Å². The van der Waals surface area contributed by atoms with Gasteiger partial charge in [0.25, 0.3) is 0 Å². The molecule has 6 heteroatoms. The predicted molar refractivity (Wildman–Crippen MR) is 127 cm³/mol. The molecule has 0 radical (unpaired) electrons. The van der Waals surface area contributed by atoms with Crippen LogP contribution in [0.15, 0.2) is 23.3 Å². The molecule has 176 valence electrons. The van der Waals surface area contributed by atoms with Gasteiger partial charge in [-0.25, -0.2) is 0 Å². The van der Waals surface area contributed by atoms with Gasteiger partial charge in [0.2, 0.25) is 0 Å². The van der Waals surface area contributed by atoms with Crippen molar-refractivity contribution in [2.75, 3.05) is 19.8 Å². The molecule has 0 spiro atoms. The van der Waals surface area contributed by atoms with Gasteiger partial charge in [-0.3, -0.25) is 4.79 Å². The molecule has 2 unspecified atom stereocenters. The molecule has 0 bridgehead atoms. The Morgan fingerprint density at radius 1 is 1.07 bits per heavy atom. The number of hydrogen-bond acceptors (Lipinski definition) is 5. The quantitative estimate of drug-likeness (QED) is 0.135. The molecule has 0 aromatic carbocycles. The lowest BCUT2D eigenvalue weighted by molar-refractivity contribution is -0.161. The fourth-order valence-corrected chi connectivity index (χ4v) is 3.59. The largest absolute Gasteiger partial charge is 0.466 e. The molecule has 0 heterocycles. The molecule has 0 aliphatic rings. The van der Waals surface area contributed by atoms with E-state index < -0.39 is 8.32 Å². The summed E-state index contributed by atoms with van der Waals surface area (Å²) in [5, 5.41) is 0.221. The van der Waals surface area contributed by atoms with E-state index >= 15 is 0 Å². The van der Waals surface area contributed by atoms with E-state index in [1.165, 1.54) is 11.1 Å². The second kappa shape index (κ2) is 14.2. The summed E-state index contributed by atoms with van der Waals surface area (Å²) in [5.74, 6) is -0.256. The molecular weight excluding hydrogens is 396 g/mol. The third-order valence-electron chi connectivity index (χ3n) is 5.41. The fourth-order valence-electron chi connectivity index (χ4n) is 2.57. The van der Waals surface area contributed by atoms with Crippen molar-refractivity contribution in [3.8, 4) is 0 Å². The Kier molecular flexibility index (Phi) is 13.7.